The summed E-state index contributed by atoms with van der Waals surface area (Å²) in [4.78, 5) is 39.5. The zero-order valence-corrected chi connectivity index (χ0v) is 17.1. The summed E-state index contributed by atoms with van der Waals surface area (Å²) in [5.41, 5.74) is -0.543. The van der Waals surface area contributed by atoms with Crippen molar-refractivity contribution >= 4 is 34.2 Å². The van der Waals surface area contributed by atoms with E-state index in [4.69, 9.17) is 9.84 Å². The summed E-state index contributed by atoms with van der Waals surface area (Å²) < 4.78 is 6.34. The number of carbonyl (C=O) groups excluding carboxylic acids is 2. The predicted octanol–water partition coefficient (Wildman–Crippen LogP) is 3.39. The van der Waals surface area contributed by atoms with Gasteiger partial charge in [-0.05, 0) is 44.7 Å². The average Bonchev–Trinajstić information content (AvgIpc) is 3.32. The number of imide groups is 1. The molecular weight excluding hydrogens is 396 g/mol. The molecule has 0 aliphatic carbocycles. The van der Waals surface area contributed by atoms with E-state index in [-0.39, 0.29) is 18.2 Å². The van der Waals surface area contributed by atoms with Gasteiger partial charge in [0, 0.05) is 17.2 Å². The third kappa shape index (κ3) is 2.64. The first-order valence-electron chi connectivity index (χ1n) is 10.5. The first-order valence-corrected chi connectivity index (χ1v) is 10.5. The van der Waals surface area contributed by atoms with Crippen LogP contribution in [0, 0.1) is 23.2 Å². The standard InChI is InChI=1S/C24H22N2O5/c1-23-11-12-24(31-23,10-4-7-18(27)28)20-19(23)21(29)26(22(20)30)17-9-8-14(13-25)15-5-2-3-6-16(15)17/h2-3,5-6,8-9,19-20H,4,7,10-12H2,1H3,(H,27,28)/t19-,20+,23?,24?/m1/s1. The van der Waals surface area contributed by atoms with Gasteiger partial charge in [0.15, 0.2) is 0 Å². The van der Waals surface area contributed by atoms with Crippen LogP contribution in [-0.2, 0) is 19.1 Å². The van der Waals surface area contributed by atoms with Gasteiger partial charge in [-0.25, -0.2) is 4.90 Å². The number of rotatable bonds is 5. The molecular formula is C24H22N2O5. The van der Waals surface area contributed by atoms with Crippen LogP contribution < -0.4 is 4.90 Å². The first kappa shape index (κ1) is 19.7. The number of nitriles is 1. The SMILES string of the molecule is CC12CCC(CCCC(=O)O)(O1)[C@@H]1C(=O)N(c3ccc(C#N)c4ccccc34)C(=O)[C@@H]12. The van der Waals surface area contributed by atoms with E-state index < -0.39 is 29.0 Å². The fraction of sp³-hybridized carbons (Fsp3) is 0.417. The highest BCUT2D eigenvalue weighted by Crippen LogP contribution is 2.62. The van der Waals surface area contributed by atoms with Crippen LogP contribution >= 0.6 is 0 Å². The van der Waals surface area contributed by atoms with E-state index in [1.165, 1.54) is 4.90 Å². The maximum Gasteiger partial charge on any atom is 0.303 e. The van der Waals surface area contributed by atoms with E-state index in [0.29, 0.717) is 47.7 Å². The summed E-state index contributed by atoms with van der Waals surface area (Å²) in [5, 5.41) is 19.8. The normalized spacial score (nSPS) is 31.3. The number of hydrogen-bond acceptors (Lipinski definition) is 5. The maximum absolute atomic E-state index is 13.7. The smallest absolute Gasteiger partial charge is 0.303 e. The Morgan fingerprint density at radius 1 is 1.16 bits per heavy atom. The van der Waals surface area contributed by atoms with Crippen molar-refractivity contribution in [2.45, 2.75) is 50.2 Å². The van der Waals surface area contributed by atoms with E-state index in [2.05, 4.69) is 6.07 Å². The second-order valence-corrected chi connectivity index (χ2v) is 8.98. The molecule has 7 nitrogen and oxygen atoms in total. The number of fused-ring (bicyclic) bond motifs is 6. The topological polar surface area (TPSA) is 108 Å². The van der Waals surface area contributed by atoms with E-state index in [1.807, 2.05) is 31.2 Å². The number of ether oxygens (including phenoxy) is 1. The molecule has 0 saturated carbocycles. The van der Waals surface area contributed by atoms with Crippen LogP contribution in [0.5, 0.6) is 0 Å². The Hall–Kier alpha value is -3.24. The van der Waals surface area contributed by atoms with Crippen LogP contribution in [0.3, 0.4) is 0 Å². The lowest BCUT2D eigenvalue weighted by Gasteiger charge is -2.31. The summed E-state index contributed by atoms with van der Waals surface area (Å²) in [6.07, 6.45) is 2.16. The molecule has 0 aromatic heterocycles. The Morgan fingerprint density at radius 3 is 2.58 bits per heavy atom. The van der Waals surface area contributed by atoms with Gasteiger partial charge in [0.2, 0.25) is 11.8 Å². The molecule has 3 fully saturated rings. The number of amides is 2. The minimum Gasteiger partial charge on any atom is -0.481 e. The molecule has 0 radical (unpaired) electrons. The van der Waals surface area contributed by atoms with Gasteiger partial charge in [0.25, 0.3) is 0 Å². The average molecular weight is 418 g/mol. The van der Waals surface area contributed by atoms with Crippen LogP contribution in [0.15, 0.2) is 36.4 Å². The first-order chi connectivity index (χ1) is 14.8. The van der Waals surface area contributed by atoms with Gasteiger partial charge in [0.05, 0.1) is 40.4 Å². The van der Waals surface area contributed by atoms with Crippen molar-refractivity contribution in [3.05, 3.63) is 42.0 Å². The maximum atomic E-state index is 13.7. The van der Waals surface area contributed by atoms with Gasteiger partial charge in [-0.2, -0.15) is 5.26 Å². The molecule has 1 N–H and O–H groups in total. The molecule has 5 rings (SSSR count). The summed E-state index contributed by atoms with van der Waals surface area (Å²) in [7, 11) is 0. The molecule has 3 heterocycles. The lowest BCUT2D eigenvalue weighted by molar-refractivity contribution is -0.137. The number of aliphatic carboxylic acids is 1. The Bertz CT molecular complexity index is 1180. The number of carboxylic acids is 1. The van der Waals surface area contributed by atoms with E-state index >= 15 is 0 Å². The number of carbonyl (C=O) groups is 3. The molecule has 2 aromatic rings. The highest BCUT2D eigenvalue weighted by Gasteiger charge is 2.73. The highest BCUT2D eigenvalue weighted by molar-refractivity contribution is 6.26. The van der Waals surface area contributed by atoms with Crippen LogP contribution in [-0.4, -0.2) is 34.1 Å². The van der Waals surface area contributed by atoms with Gasteiger partial charge in [-0.15, -0.1) is 0 Å². The van der Waals surface area contributed by atoms with E-state index in [9.17, 15) is 19.6 Å². The number of anilines is 1. The Kier molecular flexibility index (Phi) is 4.21. The molecule has 3 saturated heterocycles. The molecule has 31 heavy (non-hydrogen) atoms. The second-order valence-electron chi connectivity index (χ2n) is 8.98. The Morgan fingerprint density at radius 2 is 1.87 bits per heavy atom. The number of hydrogen-bond donors (Lipinski definition) is 1. The van der Waals surface area contributed by atoms with E-state index in [0.717, 1.165) is 0 Å². The molecule has 158 valence electrons. The third-order valence-corrected chi connectivity index (χ3v) is 7.26. The minimum atomic E-state index is -0.883. The summed E-state index contributed by atoms with van der Waals surface area (Å²) in [6.45, 7) is 1.89. The molecule has 3 aliphatic rings. The lowest BCUT2D eigenvalue weighted by atomic mass is 9.67. The van der Waals surface area contributed by atoms with Crippen molar-refractivity contribution in [1.29, 1.82) is 5.26 Å². The molecule has 4 atom stereocenters. The predicted molar refractivity (Wildman–Crippen MR) is 111 cm³/mol. The number of benzene rings is 2. The summed E-state index contributed by atoms with van der Waals surface area (Å²) >= 11 is 0. The molecule has 2 unspecified atom stereocenters. The molecule has 3 aliphatic heterocycles. The van der Waals surface area contributed by atoms with Gasteiger partial charge < -0.3 is 9.84 Å². The zero-order valence-electron chi connectivity index (χ0n) is 17.1. The van der Waals surface area contributed by atoms with Crippen molar-refractivity contribution in [1.82, 2.24) is 0 Å². The second kappa shape index (κ2) is 6.63. The van der Waals surface area contributed by atoms with Crippen molar-refractivity contribution in [2.75, 3.05) is 4.90 Å². The quantitative estimate of drug-likeness (QED) is 0.746. The van der Waals surface area contributed by atoms with Crippen LogP contribution in [0.2, 0.25) is 0 Å². The Labute approximate surface area is 179 Å². The summed E-state index contributed by atoms with van der Waals surface area (Å²) in [5.74, 6) is -2.63. The van der Waals surface area contributed by atoms with Crippen LogP contribution in [0.4, 0.5) is 5.69 Å². The van der Waals surface area contributed by atoms with Gasteiger partial charge >= 0.3 is 5.97 Å². The lowest BCUT2D eigenvalue weighted by Crippen LogP contribution is -2.42. The third-order valence-electron chi connectivity index (χ3n) is 7.26. The van der Waals surface area contributed by atoms with Crippen molar-refractivity contribution in [3.63, 3.8) is 0 Å². The largest absolute Gasteiger partial charge is 0.481 e. The minimum absolute atomic E-state index is 0.00528. The number of nitrogens with zero attached hydrogens (tertiary/aromatic N) is 2. The molecule has 2 amide bonds. The van der Waals surface area contributed by atoms with Crippen LogP contribution in [0.1, 0.15) is 44.6 Å². The van der Waals surface area contributed by atoms with Gasteiger partial charge in [0.1, 0.15) is 0 Å². The van der Waals surface area contributed by atoms with Gasteiger partial charge in [-0.3, -0.25) is 14.4 Å². The fourth-order valence-electron chi connectivity index (χ4n) is 5.96. The number of carboxylic acid groups (broad SMARTS) is 1. The molecule has 2 aromatic carbocycles. The molecule has 2 bridgehead atoms. The molecule has 7 heteroatoms. The van der Waals surface area contributed by atoms with Crippen molar-refractivity contribution in [2.24, 2.45) is 11.8 Å². The molecule has 0 spiro atoms. The van der Waals surface area contributed by atoms with Crippen molar-refractivity contribution < 1.29 is 24.2 Å². The monoisotopic (exact) mass is 418 g/mol. The van der Waals surface area contributed by atoms with Crippen molar-refractivity contribution in [3.8, 4) is 6.07 Å². The van der Waals surface area contributed by atoms with E-state index in [1.54, 1.807) is 12.1 Å². The Balaban J connectivity index is 1.57. The fourth-order valence-corrected chi connectivity index (χ4v) is 5.96. The van der Waals surface area contributed by atoms with Gasteiger partial charge in [-0.1, -0.05) is 24.3 Å². The summed E-state index contributed by atoms with van der Waals surface area (Å²) in [6, 6.07) is 12.7. The highest BCUT2D eigenvalue weighted by atomic mass is 16.5. The zero-order chi connectivity index (χ0) is 22.0. The van der Waals surface area contributed by atoms with Crippen LogP contribution in [0.25, 0.3) is 10.8 Å².